The zero-order valence-electron chi connectivity index (χ0n) is 11.3. The average molecular weight is 386 g/mol. The molecule has 0 saturated carbocycles. The van der Waals surface area contributed by atoms with Crippen LogP contribution in [0.4, 0.5) is 5.69 Å². The molecule has 0 amide bonds. The van der Waals surface area contributed by atoms with Crippen LogP contribution in [0, 0.1) is 10.5 Å². The molecule has 1 N–H and O–H groups in total. The molecule has 2 aromatic rings. The lowest BCUT2D eigenvalue weighted by Gasteiger charge is -2.29. The SMILES string of the molecule is Cc1cc(C(C)(C)Nc2cccc(I)c2)ccc1Cl. The smallest absolute Gasteiger partial charge is 0.0569 e. The summed E-state index contributed by atoms with van der Waals surface area (Å²) in [5.41, 5.74) is 3.33. The predicted octanol–water partition coefficient (Wildman–Crippen LogP) is 5.60. The molecule has 0 saturated heterocycles. The molecule has 0 radical (unpaired) electrons. The first-order chi connectivity index (χ1) is 8.88. The number of anilines is 1. The van der Waals surface area contributed by atoms with Gasteiger partial charge in [-0.25, -0.2) is 0 Å². The van der Waals surface area contributed by atoms with Gasteiger partial charge in [0.2, 0.25) is 0 Å². The molecule has 0 spiro atoms. The highest BCUT2D eigenvalue weighted by Gasteiger charge is 2.20. The summed E-state index contributed by atoms with van der Waals surface area (Å²) < 4.78 is 1.23. The first-order valence-electron chi connectivity index (χ1n) is 6.19. The largest absolute Gasteiger partial charge is 0.376 e. The Bertz CT molecular complexity index is 593. The lowest BCUT2D eigenvalue weighted by Crippen LogP contribution is -2.28. The van der Waals surface area contributed by atoms with E-state index in [0.29, 0.717) is 0 Å². The molecule has 0 unspecified atom stereocenters. The zero-order valence-corrected chi connectivity index (χ0v) is 14.2. The van der Waals surface area contributed by atoms with Gasteiger partial charge in [0.1, 0.15) is 0 Å². The Kier molecular flexibility index (Phi) is 4.41. The molecule has 2 aromatic carbocycles. The molecule has 0 aliphatic heterocycles. The summed E-state index contributed by atoms with van der Waals surface area (Å²) in [6, 6.07) is 14.6. The minimum absolute atomic E-state index is 0.139. The van der Waals surface area contributed by atoms with Gasteiger partial charge in [0.15, 0.2) is 0 Å². The average Bonchev–Trinajstić information content (AvgIpc) is 2.32. The lowest BCUT2D eigenvalue weighted by molar-refractivity contribution is 0.609. The summed E-state index contributed by atoms with van der Waals surface area (Å²) in [7, 11) is 0. The van der Waals surface area contributed by atoms with Crippen LogP contribution in [0.3, 0.4) is 0 Å². The van der Waals surface area contributed by atoms with Gasteiger partial charge in [-0.3, -0.25) is 0 Å². The second kappa shape index (κ2) is 5.71. The number of nitrogens with one attached hydrogen (secondary N) is 1. The fraction of sp³-hybridized carbons (Fsp3) is 0.250. The van der Waals surface area contributed by atoms with Gasteiger partial charge >= 0.3 is 0 Å². The number of benzene rings is 2. The van der Waals surface area contributed by atoms with Crippen molar-refractivity contribution in [2.45, 2.75) is 26.3 Å². The molecule has 0 aliphatic rings. The van der Waals surface area contributed by atoms with Crippen molar-refractivity contribution in [3.63, 3.8) is 0 Å². The molecule has 2 rings (SSSR count). The second-order valence-corrected chi connectivity index (χ2v) is 6.88. The summed E-state index contributed by atoms with van der Waals surface area (Å²) >= 11 is 8.41. The molecule has 0 bridgehead atoms. The summed E-state index contributed by atoms with van der Waals surface area (Å²) in [4.78, 5) is 0. The highest BCUT2D eigenvalue weighted by Crippen LogP contribution is 2.29. The van der Waals surface area contributed by atoms with Crippen LogP contribution in [-0.2, 0) is 5.54 Å². The van der Waals surface area contributed by atoms with E-state index >= 15 is 0 Å². The van der Waals surface area contributed by atoms with E-state index in [-0.39, 0.29) is 5.54 Å². The standard InChI is InChI=1S/C16H17ClIN/c1-11-9-12(7-8-15(11)17)16(2,3)19-14-6-4-5-13(18)10-14/h4-10,19H,1-3H3. The Hall–Kier alpha value is -0.740. The molecule has 0 aliphatic carbocycles. The summed E-state index contributed by atoms with van der Waals surface area (Å²) in [5.74, 6) is 0. The third-order valence-electron chi connectivity index (χ3n) is 3.16. The van der Waals surface area contributed by atoms with Crippen molar-refractivity contribution in [3.05, 3.63) is 62.2 Å². The van der Waals surface area contributed by atoms with Crippen molar-refractivity contribution in [2.24, 2.45) is 0 Å². The normalized spacial score (nSPS) is 11.4. The van der Waals surface area contributed by atoms with Gasteiger partial charge in [-0.05, 0) is 78.8 Å². The molecular weight excluding hydrogens is 369 g/mol. The number of hydrogen-bond donors (Lipinski definition) is 1. The third-order valence-corrected chi connectivity index (χ3v) is 4.26. The quantitative estimate of drug-likeness (QED) is 0.678. The number of halogens is 2. The van der Waals surface area contributed by atoms with Crippen molar-refractivity contribution < 1.29 is 0 Å². The van der Waals surface area contributed by atoms with E-state index in [4.69, 9.17) is 11.6 Å². The van der Waals surface area contributed by atoms with E-state index in [9.17, 15) is 0 Å². The van der Waals surface area contributed by atoms with Crippen LogP contribution in [0.25, 0.3) is 0 Å². The van der Waals surface area contributed by atoms with Gasteiger partial charge in [-0.1, -0.05) is 29.8 Å². The van der Waals surface area contributed by atoms with E-state index in [2.05, 4.69) is 78.2 Å². The highest BCUT2D eigenvalue weighted by molar-refractivity contribution is 14.1. The zero-order chi connectivity index (χ0) is 14.0. The summed E-state index contributed by atoms with van der Waals surface area (Å²) in [6.07, 6.45) is 0. The highest BCUT2D eigenvalue weighted by atomic mass is 127. The van der Waals surface area contributed by atoms with Crippen LogP contribution in [0.15, 0.2) is 42.5 Å². The van der Waals surface area contributed by atoms with E-state index in [1.54, 1.807) is 0 Å². The fourth-order valence-corrected chi connectivity index (χ4v) is 2.69. The Balaban J connectivity index is 2.29. The fourth-order valence-electron chi connectivity index (χ4n) is 2.03. The van der Waals surface area contributed by atoms with Crippen LogP contribution >= 0.6 is 34.2 Å². The van der Waals surface area contributed by atoms with Gasteiger partial charge in [0.05, 0.1) is 5.54 Å². The van der Waals surface area contributed by atoms with Crippen molar-refractivity contribution in [3.8, 4) is 0 Å². The number of aryl methyl sites for hydroxylation is 1. The van der Waals surface area contributed by atoms with Gasteiger partial charge < -0.3 is 5.32 Å². The van der Waals surface area contributed by atoms with Gasteiger partial charge in [-0.15, -0.1) is 0 Å². The topological polar surface area (TPSA) is 12.0 Å². The Morgan fingerprint density at radius 1 is 1.11 bits per heavy atom. The maximum Gasteiger partial charge on any atom is 0.0569 e. The molecule has 3 heteroatoms. The minimum atomic E-state index is -0.139. The third kappa shape index (κ3) is 3.63. The molecule has 0 heterocycles. The van der Waals surface area contributed by atoms with Crippen molar-refractivity contribution in [1.29, 1.82) is 0 Å². The molecule has 100 valence electrons. The summed E-state index contributed by atoms with van der Waals surface area (Å²) in [5, 5.41) is 4.39. The molecular formula is C16H17ClIN. The summed E-state index contributed by atoms with van der Waals surface area (Å²) in [6.45, 7) is 6.39. The Labute approximate surface area is 133 Å². The van der Waals surface area contributed by atoms with Crippen molar-refractivity contribution >= 4 is 39.9 Å². The maximum absolute atomic E-state index is 6.09. The lowest BCUT2D eigenvalue weighted by atomic mass is 9.92. The number of hydrogen-bond acceptors (Lipinski definition) is 1. The van der Waals surface area contributed by atoms with Gasteiger partial charge in [-0.2, -0.15) is 0 Å². The van der Waals surface area contributed by atoms with Crippen molar-refractivity contribution in [2.75, 3.05) is 5.32 Å². The van der Waals surface area contributed by atoms with Gasteiger partial charge in [0.25, 0.3) is 0 Å². The van der Waals surface area contributed by atoms with E-state index < -0.39 is 0 Å². The van der Waals surface area contributed by atoms with E-state index in [1.165, 1.54) is 9.13 Å². The molecule has 0 atom stereocenters. The molecule has 1 nitrogen and oxygen atoms in total. The van der Waals surface area contributed by atoms with E-state index in [0.717, 1.165) is 16.3 Å². The molecule has 19 heavy (non-hydrogen) atoms. The van der Waals surface area contributed by atoms with Crippen LogP contribution in [0.5, 0.6) is 0 Å². The van der Waals surface area contributed by atoms with E-state index in [1.807, 2.05) is 13.0 Å². The van der Waals surface area contributed by atoms with Gasteiger partial charge in [0, 0.05) is 14.3 Å². The first-order valence-corrected chi connectivity index (χ1v) is 7.64. The Morgan fingerprint density at radius 2 is 1.84 bits per heavy atom. The number of rotatable bonds is 3. The van der Waals surface area contributed by atoms with Crippen LogP contribution in [0.1, 0.15) is 25.0 Å². The first kappa shape index (κ1) is 14.7. The predicted molar refractivity (Wildman–Crippen MR) is 92.0 cm³/mol. The molecule has 0 aromatic heterocycles. The maximum atomic E-state index is 6.09. The molecule has 0 fully saturated rings. The van der Waals surface area contributed by atoms with Crippen LogP contribution in [0.2, 0.25) is 5.02 Å². The van der Waals surface area contributed by atoms with Crippen LogP contribution in [-0.4, -0.2) is 0 Å². The van der Waals surface area contributed by atoms with Crippen molar-refractivity contribution in [1.82, 2.24) is 0 Å². The van der Waals surface area contributed by atoms with Crippen LogP contribution < -0.4 is 5.32 Å². The monoisotopic (exact) mass is 385 g/mol. The second-order valence-electron chi connectivity index (χ2n) is 5.22. The minimum Gasteiger partial charge on any atom is -0.376 e. The Morgan fingerprint density at radius 3 is 2.47 bits per heavy atom.